The SMILES string of the molecule is Cn1nnc2c(C(=O)NC3CC(C(F)(F)F)CC(C(F)(F)F)C3)ncn2c1=O. The van der Waals surface area contributed by atoms with Crippen LogP contribution in [-0.4, -0.2) is 48.7 Å². The number of carbonyl (C=O) groups is 1. The highest BCUT2D eigenvalue weighted by molar-refractivity contribution is 5.97. The van der Waals surface area contributed by atoms with Gasteiger partial charge in [0.05, 0.1) is 11.8 Å². The number of amides is 1. The topological polar surface area (TPSA) is 94.2 Å². The molecule has 3 rings (SSSR count). The van der Waals surface area contributed by atoms with Gasteiger partial charge < -0.3 is 5.32 Å². The predicted octanol–water partition coefficient (Wildman–Crippen LogP) is 1.46. The smallest absolute Gasteiger partial charge is 0.348 e. The fourth-order valence-electron chi connectivity index (χ4n) is 3.27. The molecule has 0 aliphatic heterocycles. The van der Waals surface area contributed by atoms with Crippen LogP contribution in [0.5, 0.6) is 0 Å². The van der Waals surface area contributed by atoms with Crippen LogP contribution in [0.3, 0.4) is 0 Å². The van der Waals surface area contributed by atoms with Crippen LogP contribution in [-0.2, 0) is 7.05 Å². The molecule has 2 aromatic heterocycles. The molecule has 28 heavy (non-hydrogen) atoms. The van der Waals surface area contributed by atoms with Crippen molar-refractivity contribution in [2.75, 3.05) is 0 Å². The number of aromatic nitrogens is 5. The van der Waals surface area contributed by atoms with Crippen LogP contribution in [0.25, 0.3) is 5.65 Å². The highest BCUT2D eigenvalue weighted by Gasteiger charge is 2.52. The molecule has 1 amide bonds. The van der Waals surface area contributed by atoms with Crippen LogP contribution in [0.4, 0.5) is 26.3 Å². The molecule has 1 aliphatic rings. The number of alkyl halides is 6. The molecule has 1 saturated carbocycles. The number of hydrogen-bond acceptors (Lipinski definition) is 5. The van der Waals surface area contributed by atoms with Crippen molar-refractivity contribution in [2.45, 2.75) is 37.7 Å². The lowest BCUT2D eigenvalue weighted by Gasteiger charge is -2.36. The first-order chi connectivity index (χ1) is 12.9. The van der Waals surface area contributed by atoms with Gasteiger partial charge in [0.2, 0.25) is 0 Å². The van der Waals surface area contributed by atoms with E-state index in [0.29, 0.717) is 0 Å². The maximum Gasteiger partial charge on any atom is 0.391 e. The van der Waals surface area contributed by atoms with Crippen molar-refractivity contribution < 1.29 is 31.1 Å². The Bertz CT molecular complexity index is 926. The van der Waals surface area contributed by atoms with Gasteiger partial charge in [-0.1, -0.05) is 5.21 Å². The number of halogens is 6. The maximum atomic E-state index is 13.0. The third kappa shape index (κ3) is 3.80. The molecule has 0 spiro atoms. The molecule has 2 aromatic rings. The predicted molar refractivity (Wildman–Crippen MR) is 80.2 cm³/mol. The molecule has 0 aromatic carbocycles. The van der Waals surface area contributed by atoms with Crippen molar-refractivity contribution in [2.24, 2.45) is 18.9 Å². The molecule has 14 heteroatoms. The second-order valence-corrected chi connectivity index (χ2v) is 6.64. The normalized spacial score (nSPS) is 23.8. The van der Waals surface area contributed by atoms with E-state index >= 15 is 0 Å². The molecule has 1 aliphatic carbocycles. The Labute approximate surface area is 152 Å². The van der Waals surface area contributed by atoms with E-state index in [4.69, 9.17) is 0 Å². The number of fused-ring (bicyclic) bond motifs is 1. The van der Waals surface area contributed by atoms with E-state index in [9.17, 15) is 35.9 Å². The minimum absolute atomic E-state index is 0.254. The van der Waals surface area contributed by atoms with Crippen LogP contribution in [0.15, 0.2) is 11.1 Å². The van der Waals surface area contributed by atoms with Gasteiger partial charge >= 0.3 is 18.0 Å². The monoisotopic (exact) mass is 412 g/mol. The van der Waals surface area contributed by atoms with Gasteiger partial charge in [0.15, 0.2) is 11.3 Å². The van der Waals surface area contributed by atoms with E-state index in [1.54, 1.807) is 0 Å². The van der Waals surface area contributed by atoms with Crippen molar-refractivity contribution in [1.82, 2.24) is 29.7 Å². The van der Waals surface area contributed by atoms with E-state index in [1.807, 2.05) is 0 Å². The van der Waals surface area contributed by atoms with E-state index in [-0.39, 0.29) is 5.65 Å². The molecular weight excluding hydrogens is 398 g/mol. The number of hydrogen-bond donors (Lipinski definition) is 1. The van der Waals surface area contributed by atoms with Gasteiger partial charge in [-0.3, -0.25) is 4.79 Å². The van der Waals surface area contributed by atoms with Crippen molar-refractivity contribution >= 4 is 11.6 Å². The molecule has 0 radical (unpaired) electrons. The average Bonchev–Trinajstić information content (AvgIpc) is 3.01. The molecular formula is C14H14F6N6O2. The van der Waals surface area contributed by atoms with Crippen LogP contribution < -0.4 is 11.0 Å². The van der Waals surface area contributed by atoms with Gasteiger partial charge in [-0.05, 0) is 19.3 Å². The number of rotatable bonds is 2. The van der Waals surface area contributed by atoms with Crippen LogP contribution >= 0.6 is 0 Å². The van der Waals surface area contributed by atoms with Gasteiger partial charge in [-0.2, -0.15) is 31.0 Å². The Morgan fingerprint density at radius 2 is 1.68 bits per heavy atom. The molecule has 0 bridgehead atoms. The molecule has 154 valence electrons. The Morgan fingerprint density at radius 3 is 2.21 bits per heavy atom. The van der Waals surface area contributed by atoms with Gasteiger partial charge in [0.1, 0.15) is 6.33 Å². The quantitative estimate of drug-likeness (QED) is 0.754. The van der Waals surface area contributed by atoms with Crippen LogP contribution in [0, 0.1) is 11.8 Å². The first kappa shape index (κ1) is 20.1. The van der Waals surface area contributed by atoms with Gasteiger partial charge in [-0.15, -0.1) is 5.10 Å². The summed E-state index contributed by atoms with van der Waals surface area (Å²) in [5, 5.41) is 9.25. The van der Waals surface area contributed by atoms with Crippen molar-refractivity contribution in [1.29, 1.82) is 0 Å². The van der Waals surface area contributed by atoms with E-state index in [2.05, 4.69) is 20.6 Å². The number of nitrogens with one attached hydrogen (secondary N) is 1. The molecule has 2 unspecified atom stereocenters. The number of carbonyl (C=O) groups excluding carboxylic acids is 1. The lowest BCUT2D eigenvalue weighted by atomic mass is 9.77. The fourth-order valence-corrected chi connectivity index (χ4v) is 3.27. The lowest BCUT2D eigenvalue weighted by Crippen LogP contribution is -2.47. The Kier molecular flexibility index (Phi) is 4.83. The summed E-state index contributed by atoms with van der Waals surface area (Å²) in [6.07, 6.45) is -11.1. The standard InChI is InChI=1S/C14H14F6N6O2/c1-25-12(28)26-5-21-9(10(26)23-24-25)11(27)22-8-3-6(13(15,16)17)2-7(4-8)14(18,19)20/h5-8H,2-4H2,1H3,(H,22,27). The first-order valence-corrected chi connectivity index (χ1v) is 8.09. The molecule has 8 nitrogen and oxygen atoms in total. The molecule has 2 atom stereocenters. The number of nitrogens with zero attached hydrogens (tertiary/aromatic N) is 5. The maximum absolute atomic E-state index is 13.0. The zero-order valence-corrected chi connectivity index (χ0v) is 14.3. The highest BCUT2D eigenvalue weighted by atomic mass is 19.4. The van der Waals surface area contributed by atoms with Crippen LogP contribution in [0.1, 0.15) is 29.8 Å². The minimum atomic E-state index is -4.81. The second kappa shape index (κ2) is 6.74. The van der Waals surface area contributed by atoms with E-state index in [1.165, 1.54) is 7.05 Å². The summed E-state index contributed by atoms with van der Waals surface area (Å²) < 4.78 is 79.9. The van der Waals surface area contributed by atoms with Gasteiger partial charge in [-0.25, -0.2) is 14.2 Å². The summed E-state index contributed by atoms with van der Waals surface area (Å²) >= 11 is 0. The first-order valence-electron chi connectivity index (χ1n) is 8.09. The molecule has 1 N–H and O–H groups in total. The van der Waals surface area contributed by atoms with Crippen molar-refractivity contribution in [3.63, 3.8) is 0 Å². The zero-order valence-electron chi connectivity index (χ0n) is 14.3. The van der Waals surface area contributed by atoms with E-state index in [0.717, 1.165) is 15.4 Å². The zero-order chi connectivity index (χ0) is 20.9. The highest BCUT2D eigenvalue weighted by Crippen LogP contribution is 2.45. The Hall–Kier alpha value is -2.67. The van der Waals surface area contributed by atoms with Crippen molar-refractivity contribution in [3.8, 4) is 0 Å². The molecule has 0 saturated heterocycles. The van der Waals surface area contributed by atoms with Crippen LogP contribution in [0.2, 0.25) is 0 Å². The summed E-state index contributed by atoms with van der Waals surface area (Å²) in [6.45, 7) is 0. The summed E-state index contributed by atoms with van der Waals surface area (Å²) in [7, 11) is 1.30. The Morgan fingerprint density at radius 1 is 1.11 bits per heavy atom. The minimum Gasteiger partial charge on any atom is -0.348 e. The summed E-state index contributed by atoms with van der Waals surface area (Å²) in [5.41, 5.74) is -1.34. The van der Waals surface area contributed by atoms with Gasteiger partial charge in [0.25, 0.3) is 5.91 Å². The fraction of sp³-hybridized carbons (Fsp3) is 0.643. The molecule has 2 heterocycles. The Balaban J connectivity index is 1.84. The summed E-state index contributed by atoms with van der Waals surface area (Å²) in [4.78, 5) is 27.9. The third-order valence-electron chi connectivity index (χ3n) is 4.68. The summed E-state index contributed by atoms with van der Waals surface area (Å²) in [6, 6.07) is -1.37. The number of imidazole rings is 1. The third-order valence-corrected chi connectivity index (χ3v) is 4.68. The van der Waals surface area contributed by atoms with Gasteiger partial charge in [0, 0.05) is 13.1 Å². The lowest BCUT2D eigenvalue weighted by molar-refractivity contribution is -0.225. The largest absolute Gasteiger partial charge is 0.391 e. The second-order valence-electron chi connectivity index (χ2n) is 6.64. The average molecular weight is 412 g/mol. The molecule has 1 fully saturated rings. The number of aryl methyl sites for hydroxylation is 1. The van der Waals surface area contributed by atoms with E-state index < -0.39 is 66.8 Å². The summed E-state index contributed by atoms with van der Waals surface area (Å²) in [5.74, 6) is -5.41. The van der Waals surface area contributed by atoms with Crippen molar-refractivity contribution in [3.05, 3.63) is 22.5 Å².